The van der Waals surface area contributed by atoms with Crippen LogP contribution >= 0.6 is 11.6 Å². The lowest BCUT2D eigenvalue weighted by Crippen LogP contribution is -2.48. The Morgan fingerprint density at radius 2 is 2.00 bits per heavy atom. The number of carboxylic acid groups (broad SMARTS) is 1. The van der Waals surface area contributed by atoms with E-state index >= 15 is 0 Å². The molecule has 1 fully saturated rings. The Hall–Kier alpha value is -1.55. The van der Waals surface area contributed by atoms with Gasteiger partial charge in [-0.05, 0) is 49.3 Å². The number of rotatable bonds is 5. The smallest absolute Gasteiger partial charge is 0.326 e. The molecule has 1 aromatic carbocycles. The zero-order valence-electron chi connectivity index (χ0n) is 12.8. The minimum absolute atomic E-state index is 0.0476. The van der Waals surface area contributed by atoms with Crippen molar-refractivity contribution >= 4 is 23.5 Å². The molecule has 2 rings (SSSR count). The minimum atomic E-state index is -0.890. The van der Waals surface area contributed by atoms with Gasteiger partial charge in [0.2, 0.25) is 5.91 Å². The van der Waals surface area contributed by atoms with Crippen molar-refractivity contribution in [3.05, 3.63) is 34.9 Å². The first-order chi connectivity index (χ1) is 10.5. The predicted octanol–water partition coefficient (Wildman–Crippen LogP) is 3.37. The van der Waals surface area contributed by atoms with Crippen LogP contribution in [0.2, 0.25) is 5.02 Å². The Kier molecular flexibility index (Phi) is 5.83. The molecule has 0 spiro atoms. The molecule has 1 heterocycles. The Labute approximate surface area is 136 Å². The molecule has 0 aromatic heterocycles. The summed E-state index contributed by atoms with van der Waals surface area (Å²) in [5.41, 5.74) is 1.14. The van der Waals surface area contributed by atoms with E-state index < -0.39 is 12.0 Å². The van der Waals surface area contributed by atoms with Gasteiger partial charge in [0, 0.05) is 18.0 Å². The number of piperidine rings is 1. The van der Waals surface area contributed by atoms with Crippen molar-refractivity contribution in [1.82, 2.24) is 4.90 Å². The van der Waals surface area contributed by atoms with Gasteiger partial charge in [-0.15, -0.1) is 0 Å². The van der Waals surface area contributed by atoms with Crippen LogP contribution in [0.5, 0.6) is 0 Å². The average Bonchev–Trinajstić information content (AvgIpc) is 2.49. The second-order valence-corrected chi connectivity index (χ2v) is 6.51. The summed E-state index contributed by atoms with van der Waals surface area (Å²) >= 11 is 5.86. The van der Waals surface area contributed by atoms with E-state index in [0.29, 0.717) is 24.4 Å². The molecule has 1 N–H and O–H groups in total. The van der Waals surface area contributed by atoms with Gasteiger partial charge in [0.25, 0.3) is 0 Å². The number of hydrogen-bond donors (Lipinski definition) is 1. The van der Waals surface area contributed by atoms with Gasteiger partial charge in [0.1, 0.15) is 6.04 Å². The van der Waals surface area contributed by atoms with Gasteiger partial charge in [-0.1, -0.05) is 30.7 Å². The summed E-state index contributed by atoms with van der Waals surface area (Å²) in [6, 6.07) is 6.96. The number of nitrogens with zero attached hydrogens (tertiary/aromatic N) is 1. The monoisotopic (exact) mass is 323 g/mol. The van der Waals surface area contributed by atoms with Crippen molar-refractivity contribution in [2.45, 2.75) is 45.1 Å². The summed E-state index contributed by atoms with van der Waals surface area (Å²) in [5, 5.41) is 9.95. The summed E-state index contributed by atoms with van der Waals surface area (Å²) in [5.74, 6) is -0.767. The molecule has 0 aliphatic carbocycles. The molecule has 120 valence electrons. The van der Waals surface area contributed by atoms with Gasteiger partial charge in [0.05, 0.1) is 0 Å². The molecule has 1 saturated heterocycles. The van der Waals surface area contributed by atoms with Crippen LogP contribution in [0.4, 0.5) is 0 Å². The average molecular weight is 324 g/mol. The highest BCUT2D eigenvalue weighted by Gasteiger charge is 2.32. The largest absolute Gasteiger partial charge is 0.480 e. The number of aliphatic carboxylic acids is 1. The molecule has 4 nitrogen and oxygen atoms in total. The van der Waals surface area contributed by atoms with Gasteiger partial charge in [-0.2, -0.15) is 0 Å². The van der Waals surface area contributed by atoms with E-state index in [1.165, 1.54) is 0 Å². The van der Waals surface area contributed by atoms with Crippen molar-refractivity contribution in [3.8, 4) is 0 Å². The van der Waals surface area contributed by atoms with E-state index in [1.807, 2.05) is 31.2 Å². The van der Waals surface area contributed by atoms with E-state index in [1.54, 1.807) is 4.90 Å². The summed E-state index contributed by atoms with van der Waals surface area (Å²) in [6.07, 6.45) is 3.50. The van der Waals surface area contributed by atoms with Crippen LogP contribution in [0.1, 0.15) is 38.2 Å². The van der Waals surface area contributed by atoms with Crippen LogP contribution in [0, 0.1) is 5.92 Å². The molecule has 5 heteroatoms. The first-order valence-corrected chi connectivity index (χ1v) is 8.12. The van der Waals surface area contributed by atoms with Crippen LogP contribution in [-0.2, 0) is 16.0 Å². The number of likely N-dealkylation sites (tertiary alicyclic amines) is 1. The van der Waals surface area contributed by atoms with Crippen LogP contribution in [0.25, 0.3) is 0 Å². The maximum atomic E-state index is 12.4. The molecule has 0 radical (unpaired) electrons. The molecule has 0 bridgehead atoms. The van der Waals surface area contributed by atoms with Gasteiger partial charge >= 0.3 is 5.97 Å². The number of carbonyl (C=O) groups excluding carboxylic acids is 1. The lowest BCUT2D eigenvalue weighted by atomic mass is 9.95. The third-order valence-corrected chi connectivity index (χ3v) is 4.38. The van der Waals surface area contributed by atoms with E-state index in [-0.39, 0.29) is 11.8 Å². The Morgan fingerprint density at radius 1 is 1.32 bits per heavy atom. The van der Waals surface area contributed by atoms with E-state index in [2.05, 4.69) is 0 Å². The zero-order valence-corrected chi connectivity index (χ0v) is 13.6. The first kappa shape index (κ1) is 16.8. The minimum Gasteiger partial charge on any atom is -0.480 e. The second kappa shape index (κ2) is 7.63. The number of carbonyl (C=O) groups is 2. The summed E-state index contributed by atoms with van der Waals surface area (Å²) < 4.78 is 0. The van der Waals surface area contributed by atoms with Crippen LogP contribution in [0.3, 0.4) is 0 Å². The van der Waals surface area contributed by atoms with Crippen molar-refractivity contribution in [2.75, 3.05) is 6.54 Å². The van der Waals surface area contributed by atoms with E-state index in [4.69, 9.17) is 11.6 Å². The molecule has 2 atom stereocenters. The van der Waals surface area contributed by atoms with Crippen LogP contribution in [0.15, 0.2) is 24.3 Å². The summed E-state index contributed by atoms with van der Waals surface area (Å²) in [7, 11) is 0. The fourth-order valence-corrected chi connectivity index (χ4v) is 3.12. The third-order valence-electron chi connectivity index (χ3n) is 4.13. The van der Waals surface area contributed by atoms with Crippen molar-refractivity contribution in [3.63, 3.8) is 0 Å². The maximum Gasteiger partial charge on any atom is 0.326 e. The quantitative estimate of drug-likeness (QED) is 0.903. The second-order valence-electron chi connectivity index (χ2n) is 6.08. The molecular weight excluding hydrogens is 302 g/mol. The molecule has 1 aromatic rings. The highest BCUT2D eigenvalue weighted by atomic mass is 35.5. The standard InChI is InChI=1S/C17H22ClNO3/c1-12(10-13-5-7-14(18)8-6-13)11-16(20)19-9-3-2-4-15(19)17(21)22/h5-8,12,15H,2-4,9-11H2,1H3,(H,21,22)/t12?,15-/m1/s1. The molecule has 1 unspecified atom stereocenters. The summed E-state index contributed by atoms with van der Waals surface area (Å²) in [4.78, 5) is 25.2. The van der Waals surface area contributed by atoms with Gasteiger partial charge < -0.3 is 10.0 Å². The van der Waals surface area contributed by atoms with Crippen molar-refractivity contribution < 1.29 is 14.7 Å². The number of benzene rings is 1. The van der Waals surface area contributed by atoms with E-state index in [0.717, 1.165) is 24.8 Å². The van der Waals surface area contributed by atoms with E-state index in [9.17, 15) is 14.7 Å². The molecule has 1 aliphatic rings. The normalized spacial score (nSPS) is 19.7. The Balaban J connectivity index is 1.92. The van der Waals surface area contributed by atoms with Gasteiger partial charge in [-0.25, -0.2) is 4.79 Å². The fourth-order valence-electron chi connectivity index (χ4n) is 3.00. The highest BCUT2D eigenvalue weighted by molar-refractivity contribution is 6.30. The fraction of sp³-hybridized carbons (Fsp3) is 0.529. The Bertz CT molecular complexity index is 529. The number of hydrogen-bond acceptors (Lipinski definition) is 2. The SMILES string of the molecule is CC(CC(=O)N1CCCC[C@@H]1C(=O)O)Cc1ccc(Cl)cc1. The molecule has 0 saturated carbocycles. The molecular formula is C17H22ClNO3. The molecule has 1 aliphatic heterocycles. The van der Waals surface area contributed by atoms with Crippen molar-refractivity contribution in [2.24, 2.45) is 5.92 Å². The Morgan fingerprint density at radius 3 is 2.64 bits per heavy atom. The maximum absolute atomic E-state index is 12.4. The molecule has 22 heavy (non-hydrogen) atoms. The predicted molar refractivity (Wildman–Crippen MR) is 85.9 cm³/mol. The topological polar surface area (TPSA) is 57.6 Å². The highest BCUT2D eigenvalue weighted by Crippen LogP contribution is 2.21. The number of carboxylic acids is 1. The third kappa shape index (κ3) is 4.47. The van der Waals surface area contributed by atoms with Crippen molar-refractivity contribution in [1.29, 1.82) is 0 Å². The number of halogens is 1. The van der Waals surface area contributed by atoms with Gasteiger partial charge in [0.15, 0.2) is 0 Å². The van der Waals surface area contributed by atoms with Crippen LogP contribution in [-0.4, -0.2) is 34.5 Å². The number of amides is 1. The lowest BCUT2D eigenvalue weighted by molar-refractivity contribution is -0.152. The summed E-state index contributed by atoms with van der Waals surface area (Å²) in [6.45, 7) is 2.58. The zero-order chi connectivity index (χ0) is 16.1. The first-order valence-electron chi connectivity index (χ1n) is 7.74. The van der Waals surface area contributed by atoms with Gasteiger partial charge in [-0.3, -0.25) is 4.79 Å². The lowest BCUT2D eigenvalue weighted by Gasteiger charge is -2.33. The molecule has 1 amide bonds. The van der Waals surface area contributed by atoms with Crippen LogP contribution < -0.4 is 0 Å².